The molecule has 0 aliphatic carbocycles. The standard InChI is InChI=1S/C19H26N4OS/c1-15-5-6-17(25-15)12-23-10-3-7-19(14-23)11-16(13-24-19)22(2)18-20-8-4-9-21-18/h4-6,8-9,16H,3,7,10-14H2,1-2H3/t16-,19-/m1/s1. The molecular formula is C19H26N4OS. The van der Waals surface area contributed by atoms with E-state index in [-0.39, 0.29) is 5.60 Å². The van der Waals surface area contributed by atoms with Crippen molar-refractivity contribution in [2.24, 2.45) is 0 Å². The molecule has 0 bridgehead atoms. The highest BCUT2D eigenvalue weighted by atomic mass is 32.1. The van der Waals surface area contributed by atoms with Gasteiger partial charge in [0.25, 0.3) is 0 Å². The number of likely N-dealkylation sites (tertiary alicyclic amines) is 1. The van der Waals surface area contributed by atoms with Gasteiger partial charge in [0.2, 0.25) is 5.95 Å². The van der Waals surface area contributed by atoms with Crippen molar-refractivity contribution < 1.29 is 4.74 Å². The third kappa shape index (κ3) is 3.71. The van der Waals surface area contributed by atoms with Crippen molar-refractivity contribution >= 4 is 17.3 Å². The van der Waals surface area contributed by atoms with Gasteiger partial charge >= 0.3 is 0 Å². The summed E-state index contributed by atoms with van der Waals surface area (Å²) in [4.78, 5) is 16.4. The van der Waals surface area contributed by atoms with Crippen LogP contribution < -0.4 is 4.90 Å². The predicted molar refractivity (Wildman–Crippen MR) is 101 cm³/mol. The highest BCUT2D eigenvalue weighted by molar-refractivity contribution is 7.11. The lowest BCUT2D eigenvalue weighted by molar-refractivity contribution is -0.0531. The van der Waals surface area contributed by atoms with Crippen LogP contribution in [0, 0.1) is 6.92 Å². The number of aryl methyl sites for hydroxylation is 1. The van der Waals surface area contributed by atoms with Crippen LogP contribution in [0.3, 0.4) is 0 Å². The van der Waals surface area contributed by atoms with Crippen LogP contribution in [0.25, 0.3) is 0 Å². The predicted octanol–water partition coefficient (Wildman–Crippen LogP) is 3.11. The van der Waals surface area contributed by atoms with Gasteiger partial charge in [0.05, 0.1) is 18.2 Å². The Bertz CT molecular complexity index is 706. The van der Waals surface area contributed by atoms with E-state index in [0.29, 0.717) is 6.04 Å². The minimum atomic E-state index is -0.00173. The first kappa shape index (κ1) is 16.9. The number of aromatic nitrogens is 2. The zero-order valence-electron chi connectivity index (χ0n) is 15.0. The normalized spacial score (nSPS) is 27.0. The maximum Gasteiger partial charge on any atom is 0.225 e. The summed E-state index contributed by atoms with van der Waals surface area (Å²) in [5.74, 6) is 0.787. The summed E-state index contributed by atoms with van der Waals surface area (Å²) in [7, 11) is 2.08. The number of likely N-dealkylation sites (N-methyl/N-ethyl adjacent to an activating group) is 1. The molecule has 4 heterocycles. The second-order valence-corrected chi connectivity index (χ2v) is 8.71. The van der Waals surface area contributed by atoms with E-state index in [1.165, 1.54) is 22.7 Å². The SMILES string of the molecule is Cc1ccc(CN2CCC[C@@]3(C[C@@H](N(C)c4ncccn4)CO3)C2)s1. The molecule has 25 heavy (non-hydrogen) atoms. The number of nitrogens with zero attached hydrogens (tertiary/aromatic N) is 4. The zero-order chi connectivity index (χ0) is 17.3. The van der Waals surface area contributed by atoms with Gasteiger partial charge in [0, 0.05) is 48.7 Å². The molecule has 5 nitrogen and oxygen atoms in total. The molecular weight excluding hydrogens is 332 g/mol. The molecule has 2 atom stereocenters. The first-order valence-corrected chi connectivity index (χ1v) is 9.87. The first-order chi connectivity index (χ1) is 12.1. The average Bonchev–Trinajstić information content (AvgIpc) is 3.22. The van der Waals surface area contributed by atoms with Gasteiger partial charge in [0.15, 0.2) is 0 Å². The fraction of sp³-hybridized carbons (Fsp3) is 0.579. The van der Waals surface area contributed by atoms with E-state index >= 15 is 0 Å². The van der Waals surface area contributed by atoms with Gasteiger partial charge in [-0.05, 0) is 44.5 Å². The van der Waals surface area contributed by atoms with Gasteiger partial charge in [-0.15, -0.1) is 11.3 Å². The molecule has 0 saturated carbocycles. The van der Waals surface area contributed by atoms with Gasteiger partial charge in [0.1, 0.15) is 0 Å². The monoisotopic (exact) mass is 358 g/mol. The molecule has 2 aromatic rings. The van der Waals surface area contributed by atoms with Gasteiger partial charge in [-0.2, -0.15) is 0 Å². The summed E-state index contributed by atoms with van der Waals surface area (Å²) >= 11 is 1.91. The molecule has 2 aliphatic heterocycles. The number of hydrogen-bond donors (Lipinski definition) is 0. The van der Waals surface area contributed by atoms with Gasteiger partial charge in [-0.25, -0.2) is 9.97 Å². The molecule has 2 aromatic heterocycles. The topological polar surface area (TPSA) is 41.5 Å². The van der Waals surface area contributed by atoms with Crippen molar-refractivity contribution in [1.29, 1.82) is 0 Å². The largest absolute Gasteiger partial charge is 0.371 e. The minimum absolute atomic E-state index is 0.00173. The molecule has 0 aromatic carbocycles. The second-order valence-electron chi connectivity index (χ2n) is 7.34. The van der Waals surface area contributed by atoms with Crippen LogP contribution in [-0.4, -0.2) is 53.3 Å². The second kappa shape index (κ2) is 7.02. The number of thiophene rings is 1. The third-order valence-corrected chi connectivity index (χ3v) is 6.38. The Hall–Kier alpha value is -1.50. The minimum Gasteiger partial charge on any atom is -0.371 e. The van der Waals surface area contributed by atoms with Crippen molar-refractivity contribution in [3.8, 4) is 0 Å². The Labute approximate surface area is 153 Å². The van der Waals surface area contributed by atoms with Crippen LogP contribution in [0.4, 0.5) is 5.95 Å². The molecule has 1 spiro atoms. The Morgan fingerprint density at radius 3 is 2.96 bits per heavy atom. The van der Waals surface area contributed by atoms with Crippen LogP contribution in [0.1, 0.15) is 29.0 Å². The summed E-state index contributed by atoms with van der Waals surface area (Å²) in [6.07, 6.45) is 7.03. The van der Waals surface area contributed by atoms with Crippen LogP contribution in [-0.2, 0) is 11.3 Å². The molecule has 2 saturated heterocycles. The summed E-state index contributed by atoms with van der Waals surface area (Å²) < 4.78 is 6.37. The fourth-order valence-electron chi connectivity index (χ4n) is 4.11. The molecule has 2 fully saturated rings. The first-order valence-electron chi connectivity index (χ1n) is 9.05. The quantitative estimate of drug-likeness (QED) is 0.840. The fourth-order valence-corrected chi connectivity index (χ4v) is 5.04. The van der Waals surface area contributed by atoms with Crippen molar-refractivity contribution in [1.82, 2.24) is 14.9 Å². The number of rotatable bonds is 4. The molecule has 6 heteroatoms. The summed E-state index contributed by atoms with van der Waals surface area (Å²) in [6, 6.07) is 6.69. The van der Waals surface area contributed by atoms with Gasteiger partial charge < -0.3 is 9.64 Å². The Balaban J connectivity index is 1.40. The lowest BCUT2D eigenvalue weighted by Crippen LogP contribution is -2.48. The summed E-state index contributed by atoms with van der Waals surface area (Å²) in [6.45, 7) is 6.19. The van der Waals surface area contributed by atoms with E-state index in [9.17, 15) is 0 Å². The smallest absolute Gasteiger partial charge is 0.225 e. The van der Waals surface area contributed by atoms with E-state index < -0.39 is 0 Å². The van der Waals surface area contributed by atoms with Crippen molar-refractivity contribution in [3.05, 3.63) is 40.3 Å². The van der Waals surface area contributed by atoms with Crippen molar-refractivity contribution in [2.75, 3.05) is 31.6 Å². The third-order valence-electron chi connectivity index (χ3n) is 5.40. The summed E-state index contributed by atoms with van der Waals surface area (Å²) in [5, 5.41) is 0. The number of anilines is 1. The average molecular weight is 359 g/mol. The van der Waals surface area contributed by atoms with Crippen LogP contribution >= 0.6 is 11.3 Å². The molecule has 0 amide bonds. The van der Waals surface area contributed by atoms with Gasteiger partial charge in [-0.1, -0.05) is 0 Å². The number of hydrogen-bond acceptors (Lipinski definition) is 6. The molecule has 2 aliphatic rings. The van der Waals surface area contributed by atoms with Gasteiger partial charge in [-0.3, -0.25) is 4.90 Å². The molecule has 0 unspecified atom stereocenters. The van der Waals surface area contributed by atoms with Crippen LogP contribution in [0.2, 0.25) is 0 Å². The lowest BCUT2D eigenvalue weighted by Gasteiger charge is -2.39. The highest BCUT2D eigenvalue weighted by Gasteiger charge is 2.44. The Morgan fingerprint density at radius 2 is 2.20 bits per heavy atom. The van der Waals surface area contributed by atoms with E-state index in [4.69, 9.17) is 4.74 Å². The van der Waals surface area contributed by atoms with Crippen molar-refractivity contribution in [2.45, 2.75) is 44.4 Å². The van der Waals surface area contributed by atoms with Crippen LogP contribution in [0.5, 0.6) is 0 Å². The molecule has 0 radical (unpaired) electrons. The molecule has 0 N–H and O–H groups in total. The molecule has 4 rings (SSSR count). The molecule has 134 valence electrons. The maximum atomic E-state index is 6.37. The van der Waals surface area contributed by atoms with Crippen molar-refractivity contribution in [3.63, 3.8) is 0 Å². The van der Waals surface area contributed by atoms with Crippen LogP contribution in [0.15, 0.2) is 30.6 Å². The van der Waals surface area contributed by atoms with E-state index in [1.54, 1.807) is 12.4 Å². The van der Waals surface area contributed by atoms with E-state index in [0.717, 1.165) is 38.5 Å². The number of ether oxygens (including phenoxy) is 1. The van der Waals surface area contributed by atoms with E-state index in [2.05, 4.69) is 45.9 Å². The highest BCUT2D eigenvalue weighted by Crippen LogP contribution is 2.37. The number of piperidine rings is 1. The zero-order valence-corrected chi connectivity index (χ0v) is 15.8. The lowest BCUT2D eigenvalue weighted by atomic mass is 9.88. The Morgan fingerprint density at radius 1 is 1.36 bits per heavy atom. The Kier molecular flexibility index (Phi) is 4.75. The maximum absolute atomic E-state index is 6.37. The summed E-state index contributed by atoms with van der Waals surface area (Å²) in [5.41, 5.74) is -0.00173. The van der Waals surface area contributed by atoms with E-state index in [1.807, 2.05) is 17.4 Å².